The highest BCUT2D eigenvalue weighted by Gasteiger charge is 2.18. The first-order chi connectivity index (χ1) is 15.5. The van der Waals surface area contributed by atoms with Gasteiger partial charge >= 0.3 is 5.69 Å². The van der Waals surface area contributed by atoms with E-state index >= 15 is 0 Å². The monoisotopic (exact) mass is 450 g/mol. The van der Waals surface area contributed by atoms with Gasteiger partial charge in [0, 0.05) is 31.2 Å². The summed E-state index contributed by atoms with van der Waals surface area (Å²) in [6.45, 7) is 0.531. The van der Waals surface area contributed by atoms with Gasteiger partial charge in [0.25, 0.3) is 5.56 Å². The minimum atomic E-state index is -0.428. The molecule has 0 amide bonds. The molecule has 0 atom stereocenters. The molecular formula is C23H23ClN6O2. The molecule has 9 heteroatoms. The van der Waals surface area contributed by atoms with Crippen molar-refractivity contribution >= 4 is 34.9 Å². The Morgan fingerprint density at radius 3 is 2.50 bits per heavy atom. The number of imidazole rings is 1. The van der Waals surface area contributed by atoms with Crippen molar-refractivity contribution in [3.63, 3.8) is 0 Å². The van der Waals surface area contributed by atoms with Gasteiger partial charge < -0.3 is 4.57 Å². The molecule has 8 nitrogen and oxygen atoms in total. The summed E-state index contributed by atoms with van der Waals surface area (Å²) in [6, 6.07) is 17.5. The molecule has 4 rings (SSSR count). The topological polar surface area (TPSA) is 86.2 Å². The Hall–Kier alpha value is -3.65. The largest absolute Gasteiger partial charge is 0.332 e. The van der Waals surface area contributed by atoms with Crippen LogP contribution in [-0.4, -0.2) is 24.9 Å². The number of halogens is 1. The molecule has 0 saturated carbocycles. The molecule has 0 aliphatic heterocycles. The number of anilines is 1. The van der Waals surface area contributed by atoms with Crippen LogP contribution in [0.3, 0.4) is 0 Å². The first kappa shape index (κ1) is 21.6. The summed E-state index contributed by atoms with van der Waals surface area (Å²) in [5, 5.41) is 4.83. The van der Waals surface area contributed by atoms with E-state index in [2.05, 4.69) is 27.6 Å². The van der Waals surface area contributed by atoms with Crippen LogP contribution < -0.4 is 16.7 Å². The van der Waals surface area contributed by atoms with Crippen molar-refractivity contribution in [2.75, 3.05) is 5.43 Å². The lowest BCUT2D eigenvalue weighted by molar-refractivity contribution is 0.651. The molecule has 2 aromatic heterocycles. The number of benzene rings is 2. The van der Waals surface area contributed by atoms with Gasteiger partial charge in [0.15, 0.2) is 11.2 Å². The number of rotatable bonds is 7. The molecular weight excluding hydrogens is 428 g/mol. The number of fused-ring (bicyclic) bond motifs is 1. The van der Waals surface area contributed by atoms with Crippen LogP contribution >= 0.6 is 11.6 Å². The minimum absolute atomic E-state index is 0.313. The average Bonchev–Trinajstić information content (AvgIpc) is 3.17. The number of hydrogen-bond donors (Lipinski definition) is 1. The summed E-state index contributed by atoms with van der Waals surface area (Å²) in [5.74, 6) is 0.384. The standard InChI is InChI=1S/C23H23ClN6O2/c1-28-20-19(21(31)29(2)23(28)32)30(14-8-11-16-9-4-3-5-10-16)22(26-20)27-25-15-17-12-6-7-13-18(17)24/h3-7,9-10,12-13,15H,8,11,14H2,1-2H3,(H,26,27)/b25-15-. The molecule has 2 heterocycles. The Labute approximate surface area is 189 Å². The fourth-order valence-electron chi connectivity index (χ4n) is 3.57. The average molecular weight is 451 g/mol. The predicted molar refractivity (Wildman–Crippen MR) is 128 cm³/mol. The normalized spacial score (nSPS) is 11.5. The van der Waals surface area contributed by atoms with Crippen LogP contribution in [0.1, 0.15) is 17.5 Å². The number of hydrazone groups is 1. The molecule has 0 bridgehead atoms. The Morgan fingerprint density at radius 1 is 1.03 bits per heavy atom. The molecule has 0 radical (unpaired) electrons. The zero-order chi connectivity index (χ0) is 22.7. The van der Waals surface area contributed by atoms with E-state index in [4.69, 9.17) is 11.6 Å². The zero-order valence-electron chi connectivity index (χ0n) is 17.8. The third kappa shape index (κ3) is 4.22. The van der Waals surface area contributed by atoms with Gasteiger partial charge in [-0.25, -0.2) is 10.2 Å². The van der Waals surface area contributed by atoms with Gasteiger partial charge in [0.1, 0.15) is 0 Å². The second-order valence-electron chi connectivity index (χ2n) is 7.45. The van der Waals surface area contributed by atoms with Crippen LogP contribution in [0.4, 0.5) is 5.95 Å². The molecule has 0 unspecified atom stereocenters. The van der Waals surface area contributed by atoms with E-state index in [1.807, 2.05) is 36.4 Å². The maximum atomic E-state index is 12.9. The molecule has 0 aliphatic rings. The van der Waals surface area contributed by atoms with Gasteiger partial charge in [-0.2, -0.15) is 10.1 Å². The number of nitrogens with zero attached hydrogens (tertiary/aromatic N) is 5. The van der Waals surface area contributed by atoms with E-state index in [9.17, 15) is 9.59 Å². The highest BCUT2D eigenvalue weighted by molar-refractivity contribution is 6.33. The van der Waals surface area contributed by atoms with Crippen molar-refractivity contribution in [3.05, 3.63) is 91.6 Å². The van der Waals surface area contributed by atoms with E-state index < -0.39 is 11.2 Å². The summed E-state index contributed by atoms with van der Waals surface area (Å²) < 4.78 is 4.24. The van der Waals surface area contributed by atoms with Gasteiger partial charge in [0.05, 0.1) is 6.21 Å². The molecule has 0 fully saturated rings. The lowest BCUT2D eigenvalue weighted by Crippen LogP contribution is -2.37. The smallest absolute Gasteiger partial charge is 0.303 e. The highest BCUT2D eigenvalue weighted by Crippen LogP contribution is 2.18. The number of aromatic nitrogens is 4. The van der Waals surface area contributed by atoms with Gasteiger partial charge in [-0.15, -0.1) is 0 Å². The highest BCUT2D eigenvalue weighted by atomic mass is 35.5. The van der Waals surface area contributed by atoms with Crippen molar-refractivity contribution in [2.45, 2.75) is 19.4 Å². The molecule has 32 heavy (non-hydrogen) atoms. The summed E-state index contributed by atoms with van der Waals surface area (Å²) >= 11 is 6.18. The lowest BCUT2D eigenvalue weighted by atomic mass is 10.1. The maximum absolute atomic E-state index is 12.9. The van der Waals surface area contributed by atoms with Crippen molar-refractivity contribution in [2.24, 2.45) is 19.2 Å². The van der Waals surface area contributed by atoms with Crippen LogP contribution in [0.25, 0.3) is 11.2 Å². The summed E-state index contributed by atoms with van der Waals surface area (Å²) in [4.78, 5) is 29.8. The van der Waals surface area contributed by atoms with Crippen molar-refractivity contribution in [1.82, 2.24) is 18.7 Å². The van der Waals surface area contributed by atoms with Crippen LogP contribution in [0.15, 0.2) is 69.3 Å². The Bertz CT molecular complexity index is 1400. The molecule has 164 valence electrons. The van der Waals surface area contributed by atoms with Crippen molar-refractivity contribution in [1.29, 1.82) is 0 Å². The van der Waals surface area contributed by atoms with Crippen LogP contribution in [-0.2, 0) is 27.1 Å². The number of hydrogen-bond acceptors (Lipinski definition) is 5. The van der Waals surface area contributed by atoms with Gasteiger partial charge in [-0.05, 0) is 24.5 Å². The molecule has 2 aromatic carbocycles. The second-order valence-corrected chi connectivity index (χ2v) is 7.85. The van der Waals surface area contributed by atoms with Gasteiger partial charge in [-0.3, -0.25) is 13.9 Å². The van der Waals surface area contributed by atoms with Crippen LogP contribution in [0, 0.1) is 0 Å². The first-order valence-corrected chi connectivity index (χ1v) is 10.6. The Kier molecular flexibility index (Phi) is 6.23. The first-order valence-electron chi connectivity index (χ1n) is 10.2. The SMILES string of the molecule is Cn1c(=O)c2c(nc(N/N=C\c3ccccc3Cl)n2CCCc2ccccc2)n(C)c1=O. The molecule has 0 saturated heterocycles. The van der Waals surface area contributed by atoms with E-state index in [0.29, 0.717) is 28.7 Å². The van der Waals surface area contributed by atoms with Gasteiger partial charge in [0.2, 0.25) is 5.95 Å². The fraction of sp³-hybridized carbons (Fsp3) is 0.217. The molecule has 0 spiro atoms. The fourth-order valence-corrected chi connectivity index (χ4v) is 3.76. The summed E-state index contributed by atoms with van der Waals surface area (Å²) in [5.41, 5.74) is 4.73. The van der Waals surface area contributed by atoms with Gasteiger partial charge in [-0.1, -0.05) is 60.1 Å². The quantitative estimate of drug-likeness (QED) is 0.346. The summed E-state index contributed by atoms with van der Waals surface area (Å²) in [7, 11) is 3.07. The third-order valence-corrected chi connectivity index (χ3v) is 5.66. The predicted octanol–water partition coefficient (Wildman–Crippen LogP) is 3.17. The van der Waals surface area contributed by atoms with Crippen LogP contribution in [0.2, 0.25) is 5.02 Å². The van der Waals surface area contributed by atoms with E-state index in [-0.39, 0.29) is 0 Å². The Balaban J connectivity index is 1.70. The van der Waals surface area contributed by atoms with E-state index in [1.165, 1.54) is 17.2 Å². The van der Waals surface area contributed by atoms with Crippen LogP contribution in [0.5, 0.6) is 0 Å². The summed E-state index contributed by atoms with van der Waals surface area (Å²) in [6.07, 6.45) is 3.21. The number of nitrogens with one attached hydrogen (secondary N) is 1. The van der Waals surface area contributed by atoms with Crippen molar-refractivity contribution < 1.29 is 0 Å². The second kappa shape index (κ2) is 9.23. The van der Waals surface area contributed by atoms with E-state index in [1.54, 1.807) is 23.9 Å². The number of aryl methyl sites for hydroxylation is 3. The molecule has 0 aliphatic carbocycles. The van der Waals surface area contributed by atoms with E-state index in [0.717, 1.165) is 23.0 Å². The molecule has 4 aromatic rings. The molecule has 1 N–H and O–H groups in total. The van der Waals surface area contributed by atoms with Crippen molar-refractivity contribution in [3.8, 4) is 0 Å². The maximum Gasteiger partial charge on any atom is 0.332 e. The zero-order valence-corrected chi connectivity index (χ0v) is 18.6. The lowest BCUT2D eigenvalue weighted by Gasteiger charge is -2.09. The Morgan fingerprint density at radius 2 is 1.75 bits per heavy atom. The minimum Gasteiger partial charge on any atom is -0.303 e. The third-order valence-electron chi connectivity index (χ3n) is 5.31.